The molecule has 0 aliphatic carbocycles. The van der Waals surface area contributed by atoms with Crippen LogP contribution in [0.2, 0.25) is 0 Å². The third-order valence-corrected chi connectivity index (χ3v) is 5.43. The molecular weight excluding hydrogens is 350 g/mol. The number of thioether (sulfide) groups is 1. The predicted octanol–water partition coefficient (Wildman–Crippen LogP) is 1.06. The fourth-order valence-electron chi connectivity index (χ4n) is 2.09. The fourth-order valence-corrected chi connectivity index (χ4v) is 3.63. The zero-order valence-corrected chi connectivity index (χ0v) is 15.2. The van der Waals surface area contributed by atoms with Crippen LogP contribution in [0.1, 0.15) is 18.3 Å². The van der Waals surface area contributed by atoms with E-state index in [2.05, 4.69) is 15.5 Å². The van der Waals surface area contributed by atoms with Crippen molar-refractivity contribution in [3.05, 3.63) is 29.6 Å². The smallest absolute Gasteiger partial charge is 0.238 e. The Labute approximate surface area is 144 Å². The second-order valence-electron chi connectivity index (χ2n) is 5.17. The number of nitrogens with one attached hydrogen (secondary N) is 1. The van der Waals surface area contributed by atoms with Crippen molar-refractivity contribution in [1.29, 1.82) is 0 Å². The maximum atomic E-state index is 12.0. The topological polar surface area (TPSA) is 120 Å². The molecule has 1 heterocycles. The predicted molar refractivity (Wildman–Crippen MR) is 92.3 cm³/mol. The summed E-state index contributed by atoms with van der Waals surface area (Å²) < 4.78 is 24.9. The monoisotopic (exact) mass is 369 g/mol. The second-order valence-corrected chi connectivity index (χ2v) is 7.65. The fraction of sp³-hybridized carbons (Fsp3) is 0.357. The van der Waals surface area contributed by atoms with Gasteiger partial charge in [-0.05, 0) is 24.6 Å². The van der Waals surface area contributed by atoms with E-state index in [0.717, 1.165) is 12.2 Å². The van der Waals surface area contributed by atoms with Crippen LogP contribution >= 0.6 is 11.8 Å². The van der Waals surface area contributed by atoms with Crippen LogP contribution in [0.25, 0.3) is 0 Å². The van der Waals surface area contributed by atoms with Crippen molar-refractivity contribution < 1.29 is 13.2 Å². The van der Waals surface area contributed by atoms with Gasteiger partial charge in [-0.15, -0.1) is 10.2 Å². The molecule has 130 valence electrons. The van der Waals surface area contributed by atoms with Crippen LogP contribution in [0, 0.1) is 6.92 Å². The van der Waals surface area contributed by atoms with E-state index >= 15 is 0 Å². The van der Waals surface area contributed by atoms with Crippen molar-refractivity contribution in [3.63, 3.8) is 0 Å². The summed E-state index contributed by atoms with van der Waals surface area (Å²) in [5, 5.41) is 16.5. The highest BCUT2D eigenvalue weighted by molar-refractivity contribution is 7.99. The minimum atomic E-state index is -3.83. The highest BCUT2D eigenvalue weighted by atomic mass is 32.2. The van der Waals surface area contributed by atoms with Crippen LogP contribution in [0.3, 0.4) is 0 Å². The Balaban J connectivity index is 2.03. The number of nitrogens with zero attached hydrogens (tertiary/aromatic N) is 3. The first-order valence-corrected chi connectivity index (χ1v) is 9.70. The zero-order valence-electron chi connectivity index (χ0n) is 13.6. The van der Waals surface area contributed by atoms with Crippen molar-refractivity contribution >= 4 is 33.4 Å². The number of anilines is 1. The Morgan fingerprint density at radius 1 is 1.38 bits per heavy atom. The molecule has 0 fully saturated rings. The number of amides is 1. The summed E-state index contributed by atoms with van der Waals surface area (Å²) in [6.07, 6.45) is 0.760. The van der Waals surface area contributed by atoms with Gasteiger partial charge < -0.3 is 9.88 Å². The lowest BCUT2D eigenvalue weighted by atomic mass is 10.2. The van der Waals surface area contributed by atoms with Crippen molar-refractivity contribution in [1.82, 2.24) is 14.8 Å². The van der Waals surface area contributed by atoms with Gasteiger partial charge in [-0.1, -0.05) is 24.8 Å². The maximum absolute atomic E-state index is 12.0. The number of rotatable bonds is 6. The lowest BCUT2D eigenvalue weighted by Gasteiger charge is -2.09. The van der Waals surface area contributed by atoms with Crippen molar-refractivity contribution in [3.8, 4) is 0 Å². The molecule has 0 spiro atoms. The van der Waals surface area contributed by atoms with Crippen LogP contribution in [0.4, 0.5) is 5.69 Å². The highest BCUT2D eigenvalue weighted by Crippen LogP contribution is 2.20. The van der Waals surface area contributed by atoms with E-state index in [1.165, 1.54) is 17.8 Å². The standard InChI is InChI=1S/C14H19N5O3S2/c1-4-12-17-18-14(19(12)3)23-8-13(20)16-10-6-5-9(2)11(7-10)24(15,21)22/h5-7H,4,8H2,1-3H3,(H,16,20)(H2,15,21,22). The molecule has 1 aromatic carbocycles. The van der Waals surface area contributed by atoms with E-state index in [-0.39, 0.29) is 16.6 Å². The Morgan fingerprint density at radius 2 is 2.08 bits per heavy atom. The van der Waals surface area contributed by atoms with Crippen LogP contribution in [0.15, 0.2) is 28.3 Å². The van der Waals surface area contributed by atoms with Gasteiger partial charge in [-0.25, -0.2) is 13.6 Å². The molecule has 0 unspecified atom stereocenters. The number of carbonyl (C=O) groups excluding carboxylic acids is 1. The normalized spacial score (nSPS) is 11.5. The largest absolute Gasteiger partial charge is 0.325 e. The number of benzene rings is 1. The van der Waals surface area contributed by atoms with E-state index in [0.29, 0.717) is 16.4 Å². The molecule has 2 rings (SSSR count). The molecule has 1 amide bonds. The van der Waals surface area contributed by atoms with E-state index < -0.39 is 10.0 Å². The number of aromatic nitrogens is 3. The highest BCUT2D eigenvalue weighted by Gasteiger charge is 2.14. The molecule has 24 heavy (non-hydrogen) atoms. The first-order valence-electron chi connectivity index (χ1n) is 7.16. The minimum Gasteiger partial charge on any atom is -0.325 e. The average Bonchev–Trinajstić information content (AvgIpc) is 2.86. The molecule has 0 saturated carbocycles. The van der Waals surface area contributed by atoms with Gasteiger partial charge >= 0.3 is 0 Å². The number of primary sulfonamides is 1. The van der Waals surface area contributed by atoms with Gasteiger partial charge in [0.25, 0.3) is 0 Å². The molecule has 0 atom stereocenters. The molecule has 10 heteroatoms. The summed E-state index contributed by atoms with van der Waals surface area (Å²) in [6, 6.07) is 4.58. The van der Waals surface area contributed by atoms with Gasteiger partial charge in [0.15, 0.2) is 5.16 Å². The van der Waals surface area contributed by atoms with Gasteiger partial charge in [-0.3, -0.25) is 4.79 Å². The summed E-state index contributed by atoms with van der Waals surface area (Å²) in [5.74, 6) is 0.702. The molecule has 2 aromatic rings. The minimum absolute atomic E-state index is 0.00570. The lowest BCUT2D eigenvalue weighted by Crippen LogP contribution is -2.17. The Kier molecular flexibility index (Phi) is 5.62. The number of aryl methyl sites for hydroxylation is 2. The van der Waals surface area contributed by atoms with Crippen molar-refractivity contribution in [2.45, 2.75) is 30.3 Å². The second kappa shape index (κ2) is 7.32. The van der Waals surface area contributed by atoms with E-state index in [1.807, 2.05) is 18.5 Å². The first-order chi connectivity index (χ1) is 11.2. The Morgan fingerprint density at radius 3 is 2.67 bits per heavy atom. The van der Waals surface area contributed by atoms with Crippen molar-refractivity contribution in [2.75, 3.05) is 11.1 Å². The van der Waals surface area contributed by atoms with Gasteiger partial charge in [0.05, 0.1) is 10.6 Å². The summed E-state index contributed by atoms with van der Waals surface area (Å²) in [6.45, 7) is 3.62. The molecule has 0 aliphatic heterocycles. The molecule has 8 nitrogen and oxygen atoms in total. The number of nitrogens with two attached hydrogens (primary N) is 1. The zero-order chi connectivity index (χ0) is 17.9. The quantitative estimate of drug-likeness (QED) is 0.735. The summed E-state index contributed by atoms with van der Waals surface area (Å²) >= 11 is 1.26. The van der Waals surface area contributed by atoms with Gasteiger partial charge in [-0.2, -0.15) is 0 Å². The molecule has 0 radical (unpaired) electrons. The lowest BCUT2D eigenvalue weighted by molar-refractivity contribution is -0.113. The number of hydrogen-bond acceptors (Lipinski definition) is 6. The third kappa shape index (κ3) is 4.34. The van der Waals surface area contributed by atoms with Crippen LogP contribution in [-0.4, -0.2) is 34.8 Å². The Hall–Kier alpha value is -1.91. The van der Waals surface area contributed by atoms with Gasteiger partial charge in [0.1, 0.15) is 5.82 Å². The first kappa shape index (κ1) is 18.4. The number of carbonyl (C=O) groups is 1. The maximum Gasteiger partial charge on any atom is 0.238 e. The van der Waals surface area contributed by atoms with Crippen LogP contribution < -0.4 is 10.5 Å². The van der Waals surface area contributed by atoms with Gasteiger partial charge in [0, 0.05) is 19.2 Å². The van der Waals surface area contributed by atoms with Crippen molar-refractivity contribution in [2.24, 2.45) is 12.2 Å². The SMILES string of the molecule is CCc1nnc(SCC(=O)Nc2ccc(C)c(S(N)(=O)=O)c2)n1C. The third-order valence-electron chi connectivity index (χ3n) is 3.35. The van der Waals surface area contributed by atoms with E-state index in [4.69, 9.17) is 5.14 Å². The van der Waals surface area contributed by atoms with E-state index in [1.54, 1.807) is 19.1 Å². The molecule has 1 aromatic heterocycles. The Bertz CT molecular complexity index is 861. The van der Waals surface area contributed by atoms with Gasteiger partial charge in [0.2, 0.25) is 15.9 Å². The number of sulfonamides is 1. The van der Waals surface area contributed by atoms with Crippen LogP contribution in [0.5, 0.6) is 0 Å². The molecule has 0 aliphatic rings. The summed E-state index contributed by atoms with van der Waals surface area (Å²) in [7, 11) is -1.99. The molecule has 0 saturated heterocycles. The molecule has 0 bridgehead atoms. The van der Waals surface area contributed by atoms with E-state index in [9.17, 15) is 13.2 Å². The average molecular weight is 369 g/mol. The summed E-state index contributed by atoms with van der Waals surface area (Å²) in [5.41, 5.74) is 0.901. The number of hydrogen-bond donors (Lipinski definition) is 2. The molecule has 3 N–H and O–H groups in total. The van der Waals surface area contributed by atoms with Crippen LogP contribution in [-0.2, 0) is 28.3 Å². The summed E-state index contributed by atoms with van der Waals surface area (Å²) in [4.78, 5) is 12.0. The molecular formula is C14H19N5O3S2.